The maximum Gasteiger partial charge on any atom is 0.264 e. The van der Waals surface area contributed by atoms with Crippen LogP contribution in [0.1, 0.15) is 0 Å². The van der Waals surface area contributed by atoms with Crippen LogP contribution < -0.4 is 23.8 Å². The Kier molecular flexibility index (Phi) is 6.80. The summed E-state index contributed by atoms with van der Waals surface area (Å²) in [7, 11) is -2.78. The Morgan fingerprint density at radius 2 is 1.76 bits per heavy atom. The van der Waals surface area contributed by atoms with E-state index in [1.807, 2.05) is 0 Å². The van der Waals surface area contributed by atoms with Crippen LogP contribution in [0.15, 0.2) is 65.6 Å². The van der Waals surface area contributed by atoms with Gasteiger partial charge in [-0.3, -0.25) is 9.10 Å². The van der Waals surface area contributed by atoms with Crippen LogP contribution in [-0.2, 0) is 14.8 Å². The standard InChI is InChI=1S/C23H20ClFN2O6S/c1-31-20-8-4-16(12-19(20)24)26-23(28)14-27(17-5-2-15(25)3-6-17)34(29,30)18-7-9-21-22(13-18)33-11-10-32-21/h2-9,12-13H,10-11,14H2,1H3,(H,26,28). The molecule has 0 unspecified atom stereocenters. The van der Waals surface area contributed by atoms with Crippen LogP contribution in [-0.4, -0.2) is 41.2 Å². The van der Waals surface area contributed by atoms with Gasteiger partial charge in [-0.2, -0.15) is 0 Å². The monoisotopic (exact) mass is 506 g/mol. The predicted octanol–water partition coefficient (Wildman–Crippen LogP) is 4.09. The molecule has 11 heteroatoms. The van der Waals surface area contributed by atoms with Gasteiger partial charge < -0.3 is 19.5 Å². The van der Waals surface area contributed by atoms with Gasteiger partial charge in [0.25, 0.3) is 10.0 Å². The normalized spacial score (nSPS) is 12.7. The number of sulfonamides is 1. The molecule has 1 heterocycles. The van der Waals surface area contributed by atoms with Gasteiger partial charge in [-0.15, -0.1) is 0 Å². The number of fused-ring (bicyclic) bond motifs is 1. The van der Waals surface area contributed by atoms with Crippen molar-refractivity contribution in [1.29, 1.82) is 0 Å². The molecule has 0 saturated carbocycles. The van der Waals surface area contributed by atoms with E-state index in [-0.39, 0.29) is 28.0 Å². The van der Waals surface area contributed by atoms with Gasteiger partial charge in [0.1, 0.15) is 31.3 Å². The highest BCUT2D eigenvalue weighted by atomic mass is 35.5. The summed E-state index contributed by atoms with van der Waals surface area (Å²) in [4.78, 5) is 12.7. The van der Waals surface area contributed by atoms with E-state index >= 15 is 0 Å². The Hall–Kier alpha value is -3.50. The summed E-state index contributed by atoms with van der Waals surface area (Å²) in [5.74, 6) is -0.0467. The molecule has 1 N–H and O–H groups in total. The molecule has 0 aromatic heterocycles. The first-order valence-corrected chi connectivity index (χ1v) is 11.9. The number of hydrogen-bond donors (Lipinski definition) is 1. The van der Waals surface area contributed by atoms with Crippen molar-refractivity contribution >= 4 is 38.9 Å². The van der Waals surface area contributed by atoms with Crippen LogP contribution in [0.25, 0.3) is 0 Å². The second-order valence-electron chi connectivity index (χ2n) is 7.19. The zero-order valence-corrected chi connectivity index (χ0v) is 19.5. The van der Waals surface area contributed by atoms with Crippen molar-refractivity contribution < 1.29 is 31.8 Å². The van der Waals surface area contributed by atoms with E-state index in [9.17, 15) is 17.6 Å². The second kappa shape index (κ2) is 9.78. The lowest BCUT2D eigenvalue weighted by Gasteiger charge is -2.25. The second-order valence-corrected chi connectivity index (χ2v) is 9.46. The van der Waals surface area contributed by atoms with E-state index in [1.165, 1.54) is 43.5 Å². The molecule has 0 aliphatic carbocycles. The molecule has 8 nitrogen and oxygen atoms in total. The Bertz CT molecular complexity index is 1320. The molecular weight excluding hydrogens is 487 g/mol. The highest BCUT2D eigenvalue weighted by Crippen LogP contribution is 2.34. The number of amides is 1. The van der Waals surface area contributed by atoms with Gasteiger partial charge >= 0.3 is 0 Å². The molecule has 3 aromatic carbocycles. The average Bonchev–Trinajstić information content (AvgIpc) is 2.83. The largest absolute Gasteiger partial charge is 0.495 e. The van der Waals surface area contributed by atoms with E-state index in [4.69, 9.17) is 25.8 Å². The number of nitrogens with zero attached hydrogens (tertiary/aromatic N) is 1. The van der Waals surface area contributed by atoms with E-state index in [1.54, 1.807) is 12.1 Å². The third-order valence-corrected chi connectivity index (χ3v) is 7.00. The Morgan fingerprint density at radius 1 is 1.06 bits per heavy atom. The highest BCUT2D eigenvalue weighted by molar-refractivity contribution is 7.92. The summed E-state index contributed by atoms with van der Waals surface area (Å²) in [6.45, 7) is 0.0629. The van der Waals surface area contributed by atoms with Crippen molar-refractivity contribution in [3.8, 4) is 17.2 Å². The van der Waals surface area contributed by atoms with Crippen LogP contribution in [0.4, 0.5) is 15.8 Å². The van der Waals surface area contributed by atoms with Crippen LogP contribution in [0.3, 0.4) is 0 Å². The Morgan fingerprint density at radius 3 is 2.44 bits per heavy atom. The number of anilines is 2. The predicted molar refractivity (Wildman–Crippen MR) is 125 cm³/mol. The maximum atomic E-state index is 13.5. The minimum absolute atomic E-state index is 0.110. The summed E-state index contributed by atoms with van der Waals surface area (Å²) in [5.41, 5.74) is 0.464. The number of ether oxygens (including phenoxy) is 3. The number of benzene rings is 3. The first-order chi connectivity index (χ1) is 16.3. The number of halogens is 2. The molecule has 0 fully saturated rings. The molecule has 0 bridgehead atoms. The fourth-order valence-corrected chi connectivity index (χ4v) is 5.00. The topological polar surface area (TPSA) is 94.2 Å². The lowest BCUT2D eigenvalue weighted by Crippen LogP contribution is -2.38. The molecule has 0 radical (unpaired) electrons. The lowest BCUT2D eigenvalue weighted by molar-refractivity contribution is -0.114. The fraction of sp³-hybridized carbons (Fsp3) is 0.174. The fourth-order valence-electron chi connectivity index (χ4n) is 3.31. The summed E-state index contributed by atoms with van der Waals surface area (Å²) >= 11 is 6.10. The quantitative estimate of drug-likeness (QED) is 0.518. The van der Waals surface area contributed by atoms with E-state index in [0.29, 0.717) is 23.8 Å². The van der Waals surface area contributed by atoms with Crippen molar-refractivity contribution in [3.63, 3.8) is 0 Å². The zero-order valence-electron chi connectivity index (χ0n) is 18.0. The Balaban J connectivity index is 1.65. The molecule has 1 aliphatic heterocycles. The summed E-state index contributed by atoms with van der Waals surface area (Å²) in [6, 6.07) is 13.6. The van der Waals surface area contributed by atoms with E-state index in [2.05, 4.69) is 5.32 Å². The molecule has 4 rings (SSSR count). The van der Waals surface area contributed by atoms with Crippen LogP contribution in [0, 0.1) is 5.82 Å². The third-order valence-electron chi connectivity index (χ3n) is 4.94. The van der Waals surface area contributed by atoms with Gasteiger partial charge in [0.15, 0.2) is 11.5 Å². The third kappa shape index (κ3) is 5.02. The SMILES string of the molecule is COc1ccc(NC(=O)CN(c2ccc(F)cc2)S(=O)(=O)c2ccc3c(c2)OCCO3)cc1Cl. The van der Waals surface area contributed by atoms with Gasteiger partial charge in [0.2, 0.25) is 5.91 Å². The molecule has 1 amide bonds. The van der Waals surface area contributed by atoms with Crippen LogP contribution >= 0.6 is 11.6 Å². The molecule has 1 aliphatic rings. The first-order valence-electron chi connectivity index (χ1n) is 10.1. The van der Waals surface area contributed by atoms with Crippen LogP contribution in [0.5, 0.6) is 17.2 Å². The smallest absolute Gasteiger partial charge is 0.264 e. The van der Waals surface area contributed by atoms with Gasteiger partial charge in [-0.1, -0.05) is 11.6 Å². The van der Waals surface area contributed by atoms with Crippen molar-refractivity contribution in [1.82, 2.24) is 0 Å². The number of rotatable bonds is 7. The van der Waals surface area contributed by atoms with Gasteiger partial charge in [0, 0.05) is 11.8 Å². The van der Waals surface area contributed by atoms with E-state index in [0.717, 1.165) is 16.4 Å². The highest BCUT2D eigenvalue weighted by Gasteiger charge is 2.29. The summed E-state index contributed by atoms with van der Waals surface area (Å²) in [6.07, 6.45) is 0. The van der Waals surface area contributed by atoms with Gasteiger partial charge in [0.05, 0.1) is 22.7 Å². The minimum atomic E-state index is -4.24. The number of carbonyl (C=O) groups is 1. The first kappa shape index (κ1) is 23.7. The molecule has 3 aromatic rings. The van der Waals surface area contributed by atoms with Gasteiger partial charge in [-0.25, -0.2) is 12.8 Å². The number of nitrogens with one attached hydrogen (secondary N) is 1. The molecule has 34 heavy (non-hydrogen) atoms. The average molecular weight is 507 g/mol. The summed E-state index contributed by atoms with van der Waals surface area (Å²) in [5, 5.41) is 2.89. The van der Waals surface area contributed by atoms with Crippen molar-refractivity contribution in [2.24, 2.45) is 0 Å². The number of carbonyl (C=O) groups excluding carboxylic acids is 1. The van der Waals surface area contributed by atoms with Crippen molar-refractivity contribution in [3.05, 3.63) is 71.5 Å². The molecule has 178 valence electrons. The number of methoxy groups -OCH3 is 1. The van der Waals surface area contributed by atoms with Gasteiger partial charge in [-0.05, 0) is 54.6 Å². The molecule has 0 atom stereocenters. The lowest BCUT2D eigenvalue weighted by atomic mass is 10.3. The van der Waals surface area contributed by atoms with Crippen LogP contribution in [0.2, 0.25) is 5.02 Å². The Labute approximate surface area is 200 Å². The maximum absolute atomic E-state index is 13.5. The minimum Gasteiger partial charge on any atom is -0.495 e. The molecular formula is C23H20ClFN2O6S. The van der Waals surface area contributed by atoms with Crippen molar-refractivity contribution in [2.75, 3.05) is 36.5 Å². The number of hydrogen-bond acceptors (Lipinski definition) is 6. The molecule has 0 saturated heterocycles. The summed E-state index contributed by atoms with van der Waals surface area (Å²) < 4.78 is 57.5. The van der Waals surface area contributed by atoms with Crippen molar-refractivity contribution in [2.45, 2.75) is 4.90 Å². The zero-order chi connectivity index (χ0) is 24.3. The van der Waals surface area contributed by atoms with E-state index < -0.39 is 28.3 Å². The molecule has 0 spiro atoms.